The number of esters is 1. The summed E-state index contributed by atoms with van der Waals surface area (Å²) in [5, 5.41) is 2.66. The van der Waals surface area contributed by atoms with Crippen molar-refractivity contribution in [3.8, 4) is 5.75 Å². The van der Waals surface area contributed by atoms with Crippen LogP contribution < -0.4 is 10.1 Å². The molecule has 8 nitrogen and oxygen atoms in total. The molecule has 1 N–H and O–H groups in total. The van der Waals surface area contributed by atoms with Crippen molar-refractivity contribution < 1.29 is 27.5 Å². The molecule has 9 heteroatoms. The van der Waals surface area contributed by atoms with Crippen LogP contribution in [0.2, 0.25) is 0 Å². The van der Waals surface area contributed by atoms with Gasteiger partial charge in [0, 0.05) is 12.2 Å². The Balaban J connectivity index is 1.29. The highest BCUT2D eigenvalue weighted by molar-refractivity contribution is 7.89. The number of hydrogen-bond donors (Lipinski definition) is 1. The molecule has 1 heterocycles. The van der Waals surface area contributed by atoms with Gasteiger partial charge in [0.1, 0.15) is 18.4 Å². The maximum absolute atomic E-state index is 13.1. The van der Waals surface area contributed by atoms with Gasteiger partial charge in [-0.2, -0.15) is 4.31 Å². The molecule has 0 aliphatic carbocycles. The summed E-state index contributed by atoms with van der Waals surface area (Å²) in [7, 11) is -3.85. The molecular weight excluding hydrogens is 480 g/mol. The van der Waals surface area contributed by atoms with Crippen LogP contribution in [0.5, 0.6) is 5.75 Å². The molecule has 1 saturated heterocycles. The summed E-state index contributed by atoms with van der Waals surface area (Å²) < 4.78 is 38.2. The first-order valence-electron chi connectivity index (χ1n) is 11.7. The van der Waals surface area contributed by atoms with E-state index in [1.807, 2.05) is 30.3 Å². The number of benzene rings is 3. The van der Waals surface area contributed by atoms with Crippen molar-refractivity contribution in [1.29, 1.82) is 0 Å². The lowest BCUT2D eigenvalue weighted by Gasteiger charge is -2.32. The lowest BCUT2D eigenvalue weighted by Crippen LogP contribution is -2.48. The number of hydrogen-bond acceptors (Lipinski definition) is 6. The minimum Gasteiger partial charge on any atom is -0.489 e. The highest BCUT2D eigenvalue weighted by atomic mass is 32.2. The molecule has 1 aliphatic heterocycles. The van der Waals surface area contributed by atoms with Crippen LogP contribution in [0.15, 0.2) is 89.8 Å². The molecule has 1 fully saturated rings. The van der Waals surface area contributed by atoms with Crippen LogP contribution >= 0.6 is 0 Å². The largest absolute Gasteiger partial charge is 0.489 e. The topological polar surface area (TPSA) is 102 Å². The van der Waals surface area contributed by atoms with Crippen molar-refractivity contribution in [2.24, 2.45) is 0 Å². The van der Waals surface area contributed by atoms with E-state index >= 15 is 0 Å². The average Bonchev–Trinajstić information content (AvgIpc) is 2.92. The van der Waals surface area contributed by atoms with Gasteiger partial charge in [-0.05, 0) is 61.2 Å². The SMILES string of the molecule is O=C(COC(=O)[C@H]1CCCCN1S(=O)(=O)c1ccccc1)Nc1ccc(OCc2ccccc2)cc1. The van der Waals surface area contributed by atoms with Crippen LogP contribution in [0.3, 0.4) is 0 Å². The Kier molecular flexibility index (Phi) is 8.35. The predicted molar refractivity (Wildman–Crippen MR) is 135 cm³/mol. The first kappa shape index (κ1) is 25.4. The number of carbonyl (C=O) groups excluding carboxylic acids is 2. The number of piperidine rings is 1. The molecule has 0 bridgehead atoms. The van der Waals surface area contributed by atoms with Crippen LogP contribution in [0.4, 0.5) is 5.69 Å². The summed E-state index contributed by atoms with van der Waals surface area (Å²) in [6, 6.07) is 23.7. The molecule has 3 aromatic rings. The molecule has 0 unspecified atom stereocenters. The van der Waals surface area contributed by atoms with Crippen LogP contribution in [0.25, 0.3) is 0 Å². The monoisotopic (exact) mass is 508 g/mol. The number of anilines is 1. The van der Waals surface area contributed by atoms with Crippen LogP contribution in [-0.4, -0.2) is 43.8 Å². The third-order valence-corrected chi connectivity index (χ3v) is 7.73. The fourth-order valence-corrected chi connectivity index (χ4v) is 5.63. The maximum Gasteiger partial charge on any atom is 0.324 e. The summed E-state index contributed by atoms with van der Waals surface area (Å²) in [6.45, 7) is 0.142. The lowest BCUT2D eigenvalue weighted by molar-refractivity contribution is -0.152. The zero-order chi connectivity index (χ0) is 25.4. The molecule has 1 aliphatic rings. The number of amides is 1. The minimum absolute atomic E-state index is 0.124. The second kappa shape index (κ2) is 11.8. The van der Waals surface area contributed by atoms with E-state index in [0.717, 1.165) is 5.56 Å². The van der Waals surface area contributed by atoms with Gasteiger partial charge in [-0.3, -0.25) is 9.59 Å². The number of ether oxygens (including phenoxy) is 2. The molecule has 0 saturated carbocycles. The van der Waals surface area contributed by atoms with Crippen molar-refractivity contribution in [1.82, 2.24) is 4.31 Å². The molecule has 188 valence electrons. The molecule has 36 heavy (non-hydrogen) atoms. The Morgan fingerprint density at radius 2 is 1.56 bits per heavy atom. The van der Waals surface area contributed by atoms with Crippen molar-refractivity contribution in [3.63, 3.8) is 0 Å². The van der Waals surface area contributed by atoms with E-state index in [0.29, 0.717) is 37.3 Å². The third-order valence-electron chi connectivity index (χ3n) is 5.81. The number of nitrogens with one attached hydrogen (secondary N) is 1. The van der Waals surface area contributed by atoms with Crippen molar-refractivity contribution in [2.75, 3.05) is 18.5 Å². The Hall–Kier alpha value is -3.69. The second-order valence-corrected chi connectivity index (χ2v) is 10.3. The summed E-state index contributed by atoms with van der Waals surface area (Å²) in [4.78, 5) is 25.2. The molecular formula is C27H28N2O6S. The van der Waals surface area contributed by atoms with Crippen LogP contribution in [-0.2, 0) is 31.0 Å². The first-order chi connectivity index (χ1) is 17.4. The van der Waals surface area contributed by atoms with Gasteiger partial charge in [-0.1, -0.05) is 48.5 Å². The van der Waals surface area contributed by atoms with E-state index in [2.05, 4.69) is 5.32 Å². The summed E-state index contributed by atoms with van der Waals surface area (Å²) in [5.74, 6) is -0.594. The van der Waals surface area contributed by atoms with Gasteiger partial charge in [-0.25, -0.2) is 8.42 Å². The number of carbonyl (C=O) groups is 2. The fraction of sp³-hybridized carbons (Fsp3) is 0.259. The molecule has 3 aromatic carbocycles. The Labute approximate surface area is 210 Å². The Morgan fingerprint density at radius 3 is 2.25 bits per heavy atom. The van der Waals surface area contributed by atoms with Crippen molar-refractivity contribution in [3.05, 3.63) is 90.5 Å². The molecule has 0 aromatic heterocycles. The van der Waals surface area contributed by atoms with E-state index in [-0.39, 0.29) is 11.4 Å². The highest BCUT2D eigenvalue weighted by Gasteiger charge is 2.38. The van der Waals surface area contributed by atoms with Gasteiger partial charge in [0.15, 0.2) is 6.61 Å². The number of nitrogens with zero attached hydrogens (tertiary/aromatic N) is 1. The minimum atomic E-state index is -3.85. The third kappa shape index (κ3) is 6.50. The van der Waals surface area contributed by atoms with Gasteiger partial charge in [-0.15, -0.1) is 0 Å². The average molecular weight is 509 g/mol. The van der Waals surface area contributed by atoms with Gasteiger partial charge in [0.2, 0.25) is 10.0 Å². The van der Waals surface area contributed by atoms with Crippen LogP contribution in [0.1, 0.15) is 24.8 Å². The van der Waals surface area contributed by atoms with E-state index in [1.165, 1.54) is 16.4 Å². The Morgan fingerprint density at radius 1 is 0.889 bits per heavy atom. The predicted octanol–water partition coefficient (Wildman–Crippen LogP) is 3.99. The quantitative estimate of drug-likeness (QED) is 0.439. The van der Waals surface area contributed by atoms with Gasteiger partial charge in [0.25, 0.3) is 5.91 Å². The number of sulfonamides is 1. The van der Waals surface area contributed by atoms with E-state index in [1.54, 1.807) is 42.5 Å². The molecule has 0 radical (unpaired) electrons. The molecule has 1 amide bonds. The standard InChI is InChI=1S/C27H28N2O6S/c30-26(28-22-14-16-23(17-15-22)34-19-21-9-3-1-4-10-21)20-35-27(31)25-13-7-8-18-29(25)36(32,33)24-11-5-2-6-12-24/h1-6,9-12,14-17,25H,7-8,13,18-20H2,(H,28,30)/t25-/m1/s1. The molecule has 0 spiro atoms. The molecule has 4 rings (SSSR count). The Bertz CT molecular complexity index is 1260. The van der Waals surface area contributed by atoms with E-state index < -0.39 is 34.5 Å². The lowest BCUT2D eigenvalue weighted by atomic mass is 10.1. The van der Waals surface area contributed by atoms with Gasteiger partial charge < -0.3 is 14.8 Å². The van der Waals surface area contributed by atoms with Crippen LogP contribution in [0, 0.1) is 0 Å². The van der Waals surface area contributed by atoms with Crippen molar-refractivity contribution >= 4 is 27.6 Å². The van der Waals surface area contributed by atoms with E-state index in [9.17, 15) is 18.0 Å². The smallest absolute Gasteiger partial charge is 0.324 e. The zero-order valence-electron chi connectivity index (χ0n) is 19.7. The summed E-state index contributed by atoms with van der Waals surface area (Å²) in [5.41, 5.74) is 1.57. The number of rotatable bonds is 9. The van der Waals surface area contributed by atoms with Gasteiger partial charge >= 0.3 is 5.97 Å². The molecule has 1 atom stereocenters. The first-order valence-corrected chi connectivity index (χ1v) is 13.2. The van der Waals surface area contributed by atoms with Crippen molar-refractivity contribution in [2.45, 2.75) is 36.8 Å². The summed E-state index contributed by atoms with van der Waals surface area (Å²) >= 11 is 0. The normalized spacial score (nSPS) is 16.2. The fourth-order valence-electron chi connectivity index (χ4n) is 3.96. The van der Waals surface area contributed by atoms with Gasteiger partial charge in [0.05, 0.1) is 4.90 Å². The highest BCUT2D eigenvalue weighted by Crippen LogP contribution is 2.26. The zero-order valence-corrected chi connectivity index (χ0v) is 20.5. The second-order valence-electron chi connectivity index (χ2n) is 8.39. The summed E-state index contributed by atoms with van der Waals surface area (Å²) in [6.07, 6.45) is 1.70. The van der Waals surface area contributed by atoms with E-state index in [4.69, 9.17) is 9.47 Å². The maximum atomic E-state index is 13.1.